The van der Waals surface area contributed by atoms with Gasteiger partial charge in [-0.15, -0.1) is 0 Å². The first-order valence-corrected chi connectivity index (χ1v) is 8.04. The third kappa shape index (κ3) is 3.92. The van der Waals surface area contributed by atoms with Gasteiger partial charge in [0.05, 0.1) is 23.3 Å². The Kier molecular flexibility index (Phi) is 5.22. The molecular formula is C18H18F2N4O. The molecule has 1 aromatic heterocycles. The second kappa shape index (κ2) is 7.55. The molecule has 0 amide bonds. The Balaban J connectivity index is 1.60. The standard InChI is InChI=1S/C18H18F2N4O/c19-14-2-1-3-15(20)18(14)16(25)12-23-6-8-24(9-7-23)17-10-13(11-21)4-5-22-17/h1-5,10,16,25H,6-9,12H2. The van der Waals surface area contributed by atoms with Crippen molar-refractivity contribution in [2.45, 2.75) is 6.10 Å². The number of halogens is 2. The SMILES string of the molecule is N#Cc1ccnc(N2CCN(CC(O)c3c(F)cccc3F)CC2)c1. The summed E-state index contributed by atoms with van der Waals surface area (Å²) in [5, 5.41) is 19.2. The Bertz CT molecular complexity index is 765. The highest BCUT2D eigenvalue weighted by Gasteiger charge is 2.24. The lowest BCUT2D eigenvalue weighted by molar-refractivity contribution is 0.103. The molecule has 130 valence electrons. The van der Waals surface area contributed by atoms with E-state index in [-0.39, 0.29) is 12.1 Å². The first-order chi connectivity index (χ1) is 12.1. The Labute approximate surface area is 144 Å². The Morgan fingerprint density at radius 1 is 1.16 bits per heavy atom. The molecule has 1 atom stereocenters. The molecule has 1 aliphatic heterocycles. The fourth-order valence-electron chi connectivity index (χ4n) is 2.99. The van der Waals surface area contributed by atoms with Crippen LogP contribution in [-0.2, 0) is 0 Å². The van der Waals surface area contributed by atoms with Crippen LogP contribution in [0.4, 0.5) is 14.6 Å². The van der Waals surface area contributed by atoms with Gasteiger partial charge in [-0.2, -0.15) is 5.26 Å². The maximum atomic E-state index is 13.7. The third-order valence-electron chi connectivity index (χ3n) is 4.33. The number of β-amino-alcohol motifs (C(OH)–C–C–N with tert-alkyl or cyclic N) is 1. The summed E-state index contributed by atoms with van der Waals surface area (Å²) in [6.45, 7) is 2.75. The zero-order valence-corrected chi connectivity index (χ0v) is 13.6. The molecule has 2 heterocycles. The molecule has 25 heavy (non-hydrogen) atoms. The van der Waals surface area contributed by atoms with Crippen LogP contribution in [0.3, 0.4) is 0 Å². The van der Waals surface area contributed by atoms with Gasteiger partial charge in [0.1, 0.15) is 17.5 Å². The highest BCUT2D eigenvalue weighted by atomic mass is 19.1. The number of nitrogens with zero attached hydrogens (tertiary/aromatic N) is 4. The van der Waals surface area contributed by atoms with E-state index in [1.54, 1.807) is 18.3 Å². The molecule has 0 bridgehead atoms. The maximum absolute atomic E-state index is 13.7. The number of benzene rings is 1. The summed E-state index contributed by atoms with van der Waals surface area (Å²) >= 11 is 0. The largest absolute Gasteiger partial charge is 0.387 e. The van der Waals surface area contributed by atoms with Crippen molar-refractivity contribution in [2.24, 2.45) is 0 Å². The van der Waals surface area contributed by atoms with Gasteiger partial charge in [0, 0.05) is 38.9 Å². The van der Waals surface area contributed by atoms with Gasteiger partial charge >= 0.3 is 0 Å². The lowest BCUT2D eigenvalue weighted by Crippen LogP contribution is -2.48. The molecule has 1 fully saturated rings. The van der Waals surface area contributed by atoms with E-state index in [1.165, 1.54) is 6.07 Å². The average Bonchev–Trinajstić information content (AvgIpc) is 2.62. The second-order valence-corrected chi connectivity index (χ2v) is 5.95. The Morgan fingerprint density at radius 3 is 2.48 bits per heavy atom. The van der Waals surface area contributed by atoms with Crippen LogP contribution in [0.25, 0.3) is 0 Å². The molecule has 5 nitrogen and oxygen atoms in total. The van der Waals surface area contributed by atoms with Crippen LogP contribution in [-0.4, -0.2) is 47.7 Å². The third-order valence-corrected chi connectivity index (χ3v) is 4.33. The molecule has 3 rings (SSSR count). The van der Waals surface area contributed by atoms with Crippen molar-refractivity contribution in [3.8, 4) is 6.07 Å². The van der Waals surface area contributed by atoms with E-state index >= 15 is 0 Å². The predicted octanol–water partition coefficient (Wildman–Crippen LogP) is 2.09. The zero-order chi connectivity index (χ0) is 17.8. The molecule has 0 saturated carbocycles. The highest BCUT2D eigenvalue weighted by molar-refractivity contribution is 5.45. The number of aliphatic hydroxyl groups excluding tert-OH is 1. The van der Waals surface area contributed by atoms with Crippen molar-refractivity contribution >= 4 is 5.82 Å². The number of nitriles is 1. The Hall–Kier alpha value is -2.56. The van der Waals surface area contributed by atoms with Crippen LogP contribution < -0.4 is 4.90 Å². The van der Waals surface area contributed by atoms with Gasteiger partial charge in [-0.25, -0.2) is 13.8 Å². The molecule has 1 saturated heterocycles. The maximum Gasteiger partial charge on any atom is 0.131 e. The molecule has 1 N–H and O–H groups in total. The first-order valence-electron chi connectivity index (χ1n) is 8.04. The lowest BCUT2D eigenvalue weighted by Gasteiger charge is -2.36. The number of hydrogen-bond donors (Lipinski definition) is 1. The van der Waals surface area contributed by atoms with E-state index < -0.39 is 17.7 Å². The molecule has 0 spiro atoms. The minimum Gasteiger partial charge on any atom is -0.387 e. The van der Waals surface area contributed by atoms with E-state index in [4.69, 9.17) is 5.26 Å². The summed E-state index contributed by atoms with van der Waals surface area (Å²) in [7, 11) is 0. The van der Waals surface area contributed by atoms with E-state index in [1.807, 2.05) is 9.80 Å². The normalized spacial score (nSPS) is 16.5. The smallest absolute Gasteiger partial charge is 0.131 e. The van der Waals surface area contributed by atoms with Gasteiger partial charge in [0.2, 0.25) is 0 Å². The van der Waals surface area contributed by atoms with Crippen LogP contribution in [0.2, 0.25) is 0 Å². The summed E-state index contributed by atoms with van der Waals surface area (Å²) < 4.78 is 27.5. The monoisotopic (exact) mass is 344 g/mol. The molecule has 1 aliphatic rings. The van der Waals surface area contributed by atoms with Crippen molar-refractivity contribution in [1.29, 1.82) is 5.26 Å². The van der Waals surface area contributed by atoms with Crippen LogP contribution >= 0.6 is 0 Å². The average molecular weight is 344 g/mol. The quantitative estimate of drug-likeness (QED) is 0.920. The molecule has 0 aliphatic carbocycles. The second-order valence-electron chi connectivity index (χ2n) is 5.95. The topological polar surface area (TPSA) is 63.4 Å². The van der Waals surface area contributed by atoms with Gasteiger partial charge in [-0.3, -0.25) is 4.90 Å². The highest BCUT2D eigenvalue weighted by Crippen LogP contribution is 2.22. The number of hydrogen-bond acceptors (Lipinski definition) is 5. The molecule has 2 aromatic rings. The van der Waals surface area contributed by atoms with Crippen LogP contribution in [0.1, 0.15) is 17.2 Å². The van der Waals surface area contributed by atoms with Crippen molar-refractivity contribution in [2.75, 3.05) is 37.6 Å². The molecule has 1 aromatic carbocycles. The summed E-state index contributed by atoms with van der Waals surface area (Å²) in [6, 6.07) is 9.05. The van der Waals surface area contributed by atoms with Crippen molar-refractivity contribution in [3.05, 3.63) is 59.3 Å². The van der Waals surface area contributed by atoms with E-state index in [9.17, 15) is 13.9 Å². The lowest BCUT2D eigenvalue weighted by atomic mass is 10.1. The van der Waals surface area contributed by atoms with Crippen molar-refractivity contribution in [3.63, 3.8) is 0 Å². The molecule has 1 unspecified atom stereocenters. The predicted molar refractivity (Wildman–Crippen MR) is 88.9 cm³/mol. The zero-order valence-electron chi connectivity index (χ0n) is 13.6. The minimum atomic E-state index is -1.22. The van der Waals surface area contributed by atoms with E-state index in [2.05, 4.69) is 11.1 Å². The molecule has 7 heteroatoms. The molecular weight excluding hydrogens is 326 g/mol. The van der Waals surface area contributed by atoms with Crippen LogP contribution in [0, 0.1) is 23.0 Å². The van der Waals surface area contributed by atoms with Gasteiger partial charge in [0.25, 0.3) is 0 Å². The van der Waals surface area contributed by atoms with Crippen molar-refractivity contribution in [1.82, 2.24) is 9.88 Å². The number of rotatable bonds is 4. The van der Waals surface area contributed by atoms with Gasteiger partial charge < -0.3 is 10.0 Å². The van der Waals surface area contributed by atoms with Crippen LogP contribution in [0.15, 0.2) is 36.5 Å². The number of anilines is 1. The summed E-state index contributed by atoms with van der Waals surface area (Å²) in [4.78, 5) is 8.28. The van der Waals surface area contributed by atoms with Crippen LogP contribution in [0.5, 0.6) is 0 Å². The Morgan fingerprint density at radius 2 is 1.84 bits per heavy atom. The number of aliphatic hydroxyl groups is 1. The fourth-order valence-corrected chi connectivity index (χ4v) is 2.99. The summed E-state index contributed by atoms with van der Waals surface area (Å²) in [5.41, 5.74) is 0.270. The number of aromatic nitrogens is 1. The van der Waals surface area contributed by atoms with Gasteiger partial charge in [-0.1, -0.05) is 6.07 Å². The fraction of sp³-hybridized carbons (Fsp3) is 0.333. The summed E-state index contributed by atoms with van der Waals surface area (Å²) in [6.07, 6.45) is 0.387. The van der Waals surface area contributed by atoms with E-state index in [0.717, 1.165) is 18.0 Å². The number of piperazine rings is 1. The minimum absolute atomic E-state index is 0.164. The van der Waals surface area contributed by atoms with E-state index in [0.29, 0.717) is 31.7 Å². The molecule has 0 radical (unpaired) electrons. The first kappa shape index (κ1) is 17.3. The summed E-state index contributed by atoms with van der Waals surface area (Å²) in [5.74, 6) is -0.730. The van der Waals surface area contributed by atoms with Gasteiger partial charge in [0.15, 0.2) is 0 Å². The van der Waals surface area contributed by atoms with Crippen molar-refractivity contribution < 1.29 is 13.9 Å². The van der Waals surface area contributed by atoms with Gasteiger partial charge in [-0.05, 0) is 24.3 Å². The number of pyridine rings is 1.